The second-order valence-electron chi connectivity index (χ2n) is 3.49. The van der Waals surface area contributed by atoms with Crippen LogP contribution in [0.25, 0.3) is 0 Å². The Morgan fingerprint density at radius 3 is 2.33 bits per heavy atom. The Morgan fingerprint density at radius 1 is 1.27 bits per heavy atom. The second-order valence-corrected chi connectivity index (χ2v) is 3.49. The number of hydrogen-bond acceptors (Lipinski definition) is 2. The molecule has 0 aliphatic heterocycles. The molecule has 0 bridgehead atoms. The molecule has 0 saturated carbocycles. The van der Waals surface area contributed by atoms with Crippen molar-refractivity contribution in [2.45, 2.75) is 19.0 Å². The molecule has 0 aromatic heterocycles. The first-order valence-corrected chi connectivity index (χ1v) is 4.78. The van der Waals surface area contributed by atoms with E-state index < -0.39 is 19.1 Å². The van der Waals surface area contributed by atoms with Crippen molar-refractivity contribution in [2.24, 2.45) is 0 Å². The summed E-state index contributed by atoms with van der Waals surface area (Å²) < 4.78 is 24.9. The molecule has 4 heteroatoms. The Balaban J connectivity index is 2.58. The number of benzene rings is 1. The molecule has 84 valence electrons. The lowest BCUT2D eigenvalue weighted by molar-refractivity contribution is 0.00367. The van der Waals surface area contributed by atoms with E-state index in [0.717, 1.165) is 5.56 Å². The van der Waals surface area contributed by atoms with E-state index in [1.165, 1.54) is 4.90 Å². The van der Waals surface area contributed by atoms with Gasteiger partial charge >= 0.3 is 0 Å². The van der Waals surface area contributed by atoms with Crippen LogP contribution in [0.2, 0.25) is 0 Å². The molecule has 0 aliphatic rings. The van der Waals surface area contributed by atoms with E-state index in [4.69, 9.17) is 5.11 Å². The molecule has 0 aliphatic carbocycles. The number of likely N-dealkylation sites (N-methyl/N-ethyl adjacent to an activating group) is 1. The number of aliphatic hydroxyl groups is 1. The zero-order valence-electron chi connectivity index (χ0n) is 8.61. The molecular weight excluding hydrogens is 200 g/mol. The highest BCUT2D eigenvalue weighted by Gasteiger charge is 2.23. The molecule has 1 N–H and O–H groups in total. The summed E-state index contributed by atoms with van der Waals surface area (Å²) in [5.41, 5.74) is 0.958. The van der Waals surface area contributed by atoms with Crippen molar-refractivity contribution in [2.75, 3.05) is 13.7 Å². The van der Waals surface area contributed by atoms with Gasteiger partial charge in [-0.25, -0.2) is 8.78 Å². The minimum Gasteiger partial charge on any atom is -0.395 e. The van der Waals surface area contributed by atoms with Gasteiger partial charge in [0.1, 0.15) is 0 Å². The van der Waals surface area contributed by atoms with Crippen molar-refractivity contribution in [1.82, 2.24) is 4.90 Å². The van der Waals surface area contributed by atoms with E-state index in [9.17, 15) is 8.78 Å². The minimum absolute atomic E-state index is 0.413. The topological polar surface area (TPSA) is 23.5 Å². The Labute approximate surface area is 88.1 Å². The van der Waals surface area contributed by atoms with Crippen molar-refractivity contribution in [3.05, 3.63) is 35.9 Å². The second kappa shape index (κ2) is 5.78. The van der Waals surface area contributed by atoms with Crippen LogP contribution in [0.1, 0.15) is 5.56 Å². The van der Waals surface area contributed by atoms with Crippen molar-refractivity contribution in [1.29, 1.82) is 0 Å². The number of alkyl halides is 2. The molecule has 0 saturated heterocycles. The maximum Gasteiger partial charge on any atom is 0.256 e. The fourth-order valence-corrected chi connectivity index (χ4v) is 1.40. The monoisotopic (exact) mass is 215 g/mol. The van der Waals surface area contributed by atoms with E-state index in [2.05, 4.69) is 0 Å². The summed E-state index contributed by atoms with van der Waals surface area (Å²) in [6, 6.07) is 8.25. The molecule has 2 nitrogen and oxygen atoms in total. The first-order valence-electron chi connectivity index (χ1n) is 4.78. The van der Waals surface area contributed by atoms with Crippen molar-refractivity contribution >= 4 is 0 Å². The molecule has 1 aromatic rings. The maximum absolute atomic E-state index is 12.5. The predicted molar refractivity (Wildman–Crippen MR) is 54.8 cm³/mol. The number of rotatable bonds is 5. The summed E-state index contributed by atoms with van der Waals surface area (Å²) in [4.78, 5) is 1.46. The Hall–Kier alpha value is -1.00. The number of hydrogen-bond donors (Lipinski definition) is 1. The lowest BCUT2D eigenvalue weighted by atomic mass is 10.2. The van der Waals surface area contributed by atoms with Gasteiger partial charge in [0.15, 0.2) is 0 Å². The molecule has 15 heavy (non-hydrogen) atoms. The SMILES string of the molecule is CN(Cc1ccccc1)C(CO)C(F)F. The summed E-state index contributed by atoms with van der Waals surface area (Å²) >= 11 is 0. The zero-order valence-corrected chi connectivity index (χ0v) is 8.61. The quantitative estimate of drug-likeness (QED) is 0.808. The average molecular weight is 215 g/mol. The molecule has 1 atom stereocenters. The summed E-state index contributed by atoms with van der Waals surface area (Å²) in [6.45, 7) is -0.114. The van der Waals surface area contributed by atoms with E-state index in [0.29, 0.717) is 6.54 Å². The standard InChI is InChI=1S/C11H15F2NO/c1-14(10(8-15)11(12)13)7-9-5-3-2-4-6-9/h2-6,10-11,15H,7-8H2,1H3. The van der Waals surface area contributed by atoms with Gasteiger partial charge in [-0.05, 0) is 12.6 Å². The van der Waals surface area contributed by atoms with Crippen LogP contribution in [0.5, 0.6) is 0 Å². The molecule has 1 unspecified atom stereocenters. The number of nitrogens with zero attached hydrogens (tertiary/aromatic N) is 1. The number of halogens is 2. The summed E-state index contributed by atoms with van der Waals surface area (Å²) in [5, 5.41) is 8.82. The molecule has 0 fully saturated rings. The fourth-order valence-electron chi connectivity index (χ4n) is 1.40. The van der Waals surface area contributed by atoms with Crippen molar-refractivity contribution < 1.29 is 13.9 Å². The highest BCUT2D eigenvalue weighted by Crippen LogP contribution is 2.11. The zero-order chi connectivity index (χ0) is 11.3. The first kappa shape index (κ1) is 12.1. The third kappa shape index (κ3) is 3.57. The summed E-state index contributed by atoms with van der Waals surface area (Å²) in [7, 11) is 1.58. The minimum atomic E-state index is -2.52. The number of aliphatic hydroxyl groups excluding tert-OH is 1. The Bertz CT molecular complexity index is 279. The van der Waals surface area contributed by atoms with Crippen LogP contribution in [-0.4, -0.2) is 36.1 Å². The van der Waals surface area contributed by atoms with E-state index >= 15 is 0 Å². The summed E-state index contributed by atoms with van der Waals surface area (Å²) in [5.74, 6) is 0. The van der Waals surface area contributed by atoms with Crippen LogP contribution in [0, 0.1) is 0 Å². The highest BCUT2D eigenvalue weighted by atomic mass is 19.3. The van der Waals surface area contributed by atoms with Crippen LogP contribution in [0.4, 0.5) is 8.78 Å². The van der Waals surface area contributed by atoms with Gasteiger partial charge in [-0.2, -0.15) is 0 Å². The average Bonchev–Trinajstić information content (AvgIpc) is 2.19. The van der Waals surface area contributed by atoms with Crippen molar-refractivity contribution in [3.8, 4) is 0 Å². The Kier molecular flexibility index (Phi) is 4.65. The maximum atomic E-state index is 12.5. The molecule has 0 heterocycles. The molecule has 0 radical (unpaired) electrons. The van der Waals surface area contributed by atoms with E-state index in [-0.39, 0.29) is 0 Å². The summed E-state index contributed by atoms with van der Waals surface area (Å²) in [6.07, 6.45) is -2.52. The molecule has 1 aromatic carbocycles. The van der Waals surface area contributed by atoms with Crippen LogP contribution >= 0.6 is 0 Å². The van der Waals surface area contributed by atoms with Gasteiger partial charge in [0.25, 0.3) is 6.43 Å². The van der Waals surface area contributed by atoms with Crippen LogP contribution in [-0.2, 0) is 6.54 Å². The van der Waals surface area contributed by atoms with E-state index in [1.807, 2.05) is 30.3 Å². The third-order valence-corrected chi connectivity index (χ3v) is 2.32. The van der Waals surface area contributed by atoms with Gasteiger partial charge in [-0.3, -0.25) is 4.90 Å². The molecule has 0 amide bonds. The Morgan fingerprint density at radius 2 is 1.87 bits per heavy atom. The van der Waals surface area contributed by atoms with Gasteiger partial charge in [-0.1, -0.05) is 30.3 Å². The largest absolute Gasteiger partial charge is 0.395 e. The van der Waals surface area contributed by atoms with Gasteiger partial charge in [0.05, 0.1) is 12.6 Å². The van der Waals surface area contributed by atoms with Crippen LogP contribution in [0.3, 0.4) is 0 Å². The van der Waals surface area contributed by atoms with Gasteiger partial charge in [0, 0.05) is 6.54 Å². The lowest BCUT2D eigenvalue weighted by Gasteiger charge is -2.25. The van der Waals surface area contributed by atoms with Crippen molar-refractivity contribution in [3.63, 3.8) is 0 Å². The smallest absolute Gasteiger partial charge is 0.256 e. The fraction of sp³-hybridized carbons (Fsp3) is 0.455. The highest BCUT2D eigenvalue weighted by molar-refractivity contribution is 5.14. The third-order valence-electron chi connectivity index (χ3n) is 2.32. The lowest BCUT2D eigenvalue weighted by Crippen LogP contribution is -2.39. The first-order chi connectivity index (χ1) is 7.15. The molecule has 1 rings (SSSR count). The molecule has 0 spiro atoms. The molecular formula is C11H15F2NO. The van der Waals surface area contributed by atoms with E-state index in [1.54, 1.807) is 7.05 Å². The van der Waals surface area contributed by atoms with Gasteiger partial charge in [0.2, 0.25) is 0 Å². The van der Waals surface area contributed by atoms with Crippen LogP contribution < -0.4 is 0 Å². The van der Waals surface area contributed by atoms with Gasteiger partial charge < -0.3 is 5.11 Å². The van der Waals surface area contributed by atoms with Gasteiger partial charge in [-0.15, -0.1) is 0 Å². The van der Waals surface area contributed by atoms with Crippen LogP contribution in [0.15, 0.2) is 30.3 Å². The predicted octanol–water partition coefficient (Wildman–Crippen LogP) is 1.74. The normalized spacial score (nSPS) is 13.5.